The molecular formula is C17H20N6O7S. The Morgan fingerprint density at radius 1 is 1.32 bits per heavy atom. The molecule has 1 unspecified atom stereocenters. The van der Waals surface area contributed by atoms with Gasteiger partial charge in [0.05, 0.1) is 19.0 Å². The molecule has 31 heavy (non-hydrogen) atoms. The van der Waals surface area contributed by atoms with Crippen LogP contribution in [-0.4, -0.2) is 80.9 Å². The van der Waals surface area contributed by atoms with E-state index in [4.69, 9.17) is 5.11 Å². The first-order chi connectivity index (χ1) is 14.8. The predicted octanol–water partition coefficient (Wildman–Crippen LogP) is -1.24. The highest BCUT2D eigenvalue weighted by Crippen LogP contribution is 2.25. The summed E-state index contributed by atoms with van der Waals surface area (Å²) in [6, 6.07) is -3.53. The Balaban J connectivity index is 1.78. The van der Waals surface area contributed by atoms with Gasteiger partial charge in [-0.3, -0.25) is 24.0 Å². The minimum atomic E-state index is -1.29. The highest BCUT2D eigenvalue weighted by Gasteiger charge is 2.44. The van der Waals surface area contributed by atoms with Crippen molar-refractivity contribution < 1.29 is 33.9 Å². The summed E-state index contributed by atoms with van der Waals surface area (Å²) in [5, 5.41) is 18.9. The molecule has 4 atom stereocenters. The van der Waals surface area contributed by atoms with Crippen LogP contribution in [0.5, 0.6) is 0 Å². The van der Waals surface area contributed by atoms with Crippen molar-refractivity contribution in [2.24, 2.45) is 9.63 Å². The van der Waals surface area contributed by atoms with Crippen LogP contribution < -0.4 is 10.6 Å². The van der Waals surface area contributed by atoms with E-state index < -0.39 is 59.4 Å². The molecule has 1 fully saturated rings. The molecule has 0 aromatic rings. The van der Waals surface area contributed by atoms with Crippen LogP contribution in [0.4, 0.5) is 0 Å². The summed E-state index contributed by atoms with van der Waals surface area (Å²) in [5.74, 6) is -3.64. The number of hydrogen-bond acceptors (Lipinski definition) is 9. The second-order valence-electron chi connectivity index (χ2n) is 7.01. The second-order valence-corrected chi connectivity index (χ2v) is 7.95. The molecule has 0 spiro atoms. The van der Waals surface area contributed by atoms with Gasteiger partial charge in [0, 0.05) is 24.6 Å². The lowest BCUT2D eigenvalue weighted by Gasteiger charge is -2.39. The predicted molar refractivity (Wildman–Crippen MR) is 104 cm³/mol. The summed E-state index contributed by atoms with van der Waals surface area (Å²) >= 11 is 0.976. The smallest absolute Gasteiger partial charge is 0.305 e. The van der Waals surface area contributed by atoms with E-state index in [2.05, 4.69) is 20.3 Å². The maximum Gasteiger partial charge on any atom is 0.305 e. The topological polar surface area (TPSA) is 178 Å². The van der Waals surface area contributed by atoms with Crippen molar-refractivity contribution in [1.82, 2.24) is 20.7 Å². The van der Waals surface area contributed by atoms with Crippen LogP contribution in [0.1, 0.15) is 25.7 Å². The molecule has 0 saturated carbocycles. The van der Waals surface area contributed by atoms with Gasteiger partial charge >= 0.3 is 5.97 Å². The third kappa shape index (κ3) is 5.07. The normalized spacial score (nSPS) is 26.1. The molecule has 3 N–H and O–H groups in total. The van der Waals surface area contributed by atoms with Crippen molar-refractivity contribution >= 4 is 47.8 Å². The third-order valence-electron chi connectivity index (χ3n) is 4.84. The van der Waals surface area contributed by atoms with E-state index in [1.54, 1.807) is 0 Å². The van der Waals surface area contributed by atoms with Gasteiger partial charge in [-0.2, -0.15) is 5.11 Å². The fourth-order valence-corrected chi connectivity index (χ4v) is 3.86. The second kappa shape index (κ2) is 9.68. The number of rotatable bonds is 7. The average Bonchev–Trinajstić information content (AvgIpc) is 3.25. The molecule has 0 bridgehead atoms. The van der Waals surface area contributed by atoms with Crippen LogP contribution in [0, 0.1) is 0 Å². The van der Waals surface area contributed by atoms with E-state index in [0.29, 0.717) is 0 Å². The van der Waals surface area contributed by atoms with Gasteiger partial charge in [0.25, 0.3) is 5.91 Å². The number of carboxylic acid groups (broad SMARTS) is 1. The van der Waals surface area contributed by atoms with Crippen LogP contribution in [0.15, 0.2) is 21.9 Å². The molecule has 3 aliphatic rings. The van der Waals surface area contributed by atoms with Crippen LogP contribution in [0.2, 0.25) is 0 Å². The Hall–Kier alpha value is -3.29. The van der Waals surface area contributed by atoms with Crippen molar-refractivity contribution in [3.8, 4) is 0 Å². The van der Waals surface area contributed by atoms with Crippen molar-refractivity contribution in [2.75, 3.05) is 6.54 Å². The van der Waals surface area contributed by atoms with Gasteiger partial charge in [-0.25, -0.2) is 10.0 Å². The molecule has 0 radical (unpaired) electrons. The summed E-state index contributed by atoms with van der Waals surface area (Å²) in [5.41, 5.74) is 0. The summed E-state index contributed by atoms with van der Waals surface area (Å²) in [6.45, 7) is 0.177. The molecule has 0 aromatic heterocycles. The number of fused-ring (bicyclic) bond motifs is 1. The number of aliphatic carboxylic acids is 1. The molecule has 0 aliphatic carbocycles. The lowest BCUT2D eigenvalue weighted by atomic mass is 10.1. The van der Waals surface area contributed by atoms with E-state index >= 15 is 0 Å². The fraction of sp³-hybridized carbons (Fsp3) is 0.529. The van der Waals surface area contributed by atoms with Gasteiger partial charge in [-0.15, -0.1) is 4.52 Å². The Kier molecular flexibility index (Phi) is 6.99. The third-order valence-corrected chi connectivity index (χ3v) is 5.66. The molecule has 0 aromatic carbocycles. The molecule has 13 nitrogen and oxygen atoms in total. The minimum Gasteiger partial charge on any atom is -0.481 e. The Bertz CT molecular complexity index is 854. The summed E-state index contributed by atoms with van der Waals surface area (Å²) < 4.78 is 3.68. The number of carbonyl (C=O) groups excluding carboxylic acids is 5. The Labute approximate surface area is 180 Å². The molecule has 14 heteroatoms. The zero-order valence-electron chi connectivity index (χ0n) is 16.2. The highest BCUT2D eigenvalue weighted by molar-refractivity contribution is 7.99. The van der Waals surface area contributed by atoms with Crippen LogP contribution in [-0.2, 0) is 28.8 Å². The fourth-order valence-electron chi connectivity index (χ4n) is 3.32. The lowest BCUT2D eigenvalue weighted by molar-refractivity contribution is -0.166. The first-order valence-electron chi connectivity index (χ1n) is 9.44. The van der Waals surface area contributed by atoms with Crippen molar-refractivity contribution in [3.05, 3.63) is 12.3 Å². The van der Waals surface area contributed by atoms with Gasteiger partial charge in [0.15, 0.2) is 0 Å². The quantitative estimate of drug-likeness (QED) is 0.317. The molecule has 1 saturated heterocycles. The number of nitrogens with one attached hydrogen (secondary N) is 2. The van der Waals surface area contributed by atoms with Crippen molar-refractivity contribution in [3.63, 3.8) is 0 Å². The molecule has 166 valence electrons. The maximum atomic E-state index is 13.2. The first-order valence-corrected chi connectivity index (χ1v) is 10.3. The van der Waals surface area contributed by atoms with Gasteiger partial charge < -0.3 is 20.5 Å². The van der Waals surface area contributed by atoms with E-state index in [0.717, 1.165) is 22.0 Å². The van der Waals surface area contributed by atoms with E-state index in [9.17, 15) is 28.8 Å². The molecule has 3 aliphatic heterocycles. The van der Waals surface area contributed by atoms with Gasteiger partial charge in [0.1, 0.15) is 23.6 Å². The van der Waals surface area contributed by atoms with Crippen LogP contribution in [0.3, 0.4) is 0 Å². The molecule has 3 rings (SSSR count). The first kappa shape index (κ1) is 22.4. The van der Waals surface area contributed by atoms with E-state index in [-0.39, 0.29) is 32.1 Å². The average molecular weight is 452 g/mol. The molecule has 4 amide bonds. The van der Waals surface area contributed by atoms with Gasteiger partial charge in [0.2, 0.25) is 17.7 Å². The Morgan fingerprint density at radius 3 is 2.74 bits per heavy atom. The number of carbonyl (C=O) groups is 6. The van der Waals surface area contributed by atoms with Crippen LogP contribution in [0.25, 0.3) is 0 Å². The standard InChI is InChI=1S/C17H20N6O7S/c24-8-9(6-14(26)27)19-15(28)11-2-1-5-22-13(25)4-3-10(17(30)23(11)22)20-16(29)12-7-18-21-31-12/h1,5,8-12H,2-4,6-7H2,(H,19,28)(H,20,29)(H,26,27)/t9-,10-,11-,12?/m0/s1. The van der Waals surface area contributed by atoms with E-state index in [1.807, 2.05) is 0 Å². The number of hydrazine groups is 1. The zero-order valence-corrected chi connectivity index (χ0v) is 17.0. The minimum absolute atomic E-state index is 0.0386. The van der Waals surface area contributed by atoms with Crippen LogP contribution >= 0.6 is 11.9 Å². The number of carboxylic acids is 1. The monoisotopic (exact) mass is 452 g/mol. The van der Waals surface area contributed by atoms with E-state index in [1.165, 1.54) is 12.3 Å². The number of nitrogens with zero attached hydrogens (tertiary/aromatic N) is 4. The molecule has 3 heterocycles. The van der Waals surface area contributed by atoms with Gasteiger partial charge in [-0.05, 0) is 12.8 Å². The lowest BCUT2D eigenvalue weighted by Crippen LogP contribution is -2.62. The zero-order chi connectivity index (χ0) is 22.5. The molecular weight excluding hydrogens is 432 g/mol. The van der Waals surface area contributed by atoms with Crippen molar-refractivity contribution in [2.45, 2.75) is 49.1 Å². The summed E-state index contributed by atoms with van der Waals surface area (Å²) in [6.07, 6.45) is 2.59. The van der Waals surface area contributed by atoms with Crippen molar-refractivity contribution in [1.29, 1.82) is 0 Å². The number of amides is 4. The Morgan fingerprint density at radius 2 is 2.10 bits per heavy atom. The largest absolute Gasteiger partial charge is 0.481 e. The van der Waals surface area contributed by atoms with Gasteiger partial charge in [-0.1, -0.05) is 6.08 Å². The number of aldehydes is 1. The number of hydrogen-bond donors (Lipinski definition) is 3. The SMILES string of the molecule is O=C[C@H](CC(=O)O)NC(=O)[C@@H]1CC=CN2C(=O)CC[C@H](NC(=O)C3CN=NS3)C(=O)N12. The summed E-state index contributed by atoms with van der Waals surface area (Å²) in [7, 11) is 0. The highest BCUT2D eigenvalue weighted by atomic mass is 32.2. The maximum absolute atomic E-state index is 13.2. The summed E-state index contributed by atoms with van der Waals surface area (Å²) in [4.78, 5) is 72.9.